The van der Waals surface area contributed by atoms with Gasteiger partial charge in [-0.05, 0) is 58.6 Å². The van der Waals surface area contributed by atoms with E-state index in [1.165, 1.54) is 18.0 Å². The van der Waals surface area contributed by atoms with E-state index in [1.807, 2.05) is 107 Å². The summed E-state index contributed by atoms with van der Waals surface area (Å²) in [4.78, 5) is 12.5. The zero-order chi connectivity index (χ0) is 40.0. The molecule has 2 aromatic heterocycles. The van der Waals surface area contributed by atoms with Crippen LogP contribution in [0.1, 0.15) is 43.7 Å². The average Bonchev–Trinajstić information content (AvgIpc) is 3.69. The van der Waals surface area contributed by atoms with Crippen molar-refractivity contribution in [3.63, 3.8) is 0 Å². The van der Waals surface area contributed by atoms with Crippen molar-refractivity contribution in [1.82, 2.24) is 19.5 Å². The van der Waals surface area contributed by atoms with Crippen molar-refractivity contribution in [2.75, 3.05) is 19.5 Å². The third kappa shape index (κ3) is 7.83. The zero-order valence-corrected chi connectivity index (χ0v) is 33.4. The van der Waals surface area contributed by atoms with Crippen molar-refractivity contribution >= 4 is 47.0 Å². The second kappa shape index (κ2) is 15.1. The fourth-order valence-electron chi connectivity index (χ4n) is 6.25. The van der Waals surface area contributed by atoms with Crippen LogP contribution >= 0.6 is 11.6 Å². The lowest BCUT2D eigenvalue weighted by Gasteiger charge is -2.40. The van der Waals surface area contributed by atoms with Gasteiger partial charge in [-0.2, -0.15) is 31.6 Å². The molecule has 0 bridgehead atoms. The first-order valence-corrected chi connectivity index (χ1v) is 21.9. The summed E-state index contributed by atoms with van der Waals surface area (Å²) in [5.74, 6) is 0.519. The predicted molar refractivity (Wildman–Crippen MR) is 202 cm³/mol. The first-order valence-electron chi connectivity index (χ1n) is 17.2. The molecule has 1 aliphatic heterocycles. The van der Waals surface area contributed by atoms with E-state index in [9.17, 15) is 21.6 Å². The van der Waals surface area contributed by atoms with Crippen LogP contribution in [0.25, 0.3) is 11.2 Å². The molecule has 12 nitrogen and oxygen atoms in total. The van der Waals surface area contributed by atoms with Gasteiger partial charge in [0.05, 0.1) is 20.0 Å². The van der Waals surface area contributed by atoms with Gasteiger partial charge < -0.3 is 24.4 Å². The summed E-state index contributed by atoms with van der Waals surface area (Å²) in [6, 6.07) is 25.6. The van der Waals surface area contributed by atoms with E-state index < -0.39 is 65.7 Å². The molecular formula is C37H41ClF3N5O7SSi. The van der Waals surface area contributed by atoms with E-state index >= 15 is 0 Å². The molecule has 3 heterocycles. The average molecular weight is 820 g/mol. The molecule has 0 saturated carbocycles. The molecular weight excluding hydrogens is 779 g/mol. The normalized spacial score (nSPS) is 19.9. The number of aromatic nitrogens is 4. The van der Waals surface area contributed by atoms with Gasteiger partial charge in [0.15, 0.2) is 26.0 Å². The Hall–Kier alpha value is -4.10. The number of fused-ring (bicyclic) bond motifs is 1. The Morgan fingerprint density at radius 1 is 0.891 bits per heavy atom. The molecule has 4 atom stereocenters. The van der Waals surface area contributed by atoms with Gasteiger partial charge in [0, 0.05) is 0 Å². The summed E-state index contributed by atoms with van der Waals surface area (Å²) in [5.41, 5.74) is 1.09. The van der Waals surface area contributed by atoms with Gasteiger partial charge >= 0.3 is 15.6 Å². The number of hydrogen-bond donors (Lipinski definition) is 1. The summed E-state index contributed by atoms with van der Waals surface area (Å²) in [7, 11) is -7.61. The van der Waals surface area contributed by atoms with Crippen molar-refractivity contribution in [2.45, 2.75) is 74.6 Å². The number of imidazole rings is 1. The second-order valence-corrected chi connectivity index (χ2v) is 21.2. The lowest BCUT2D eigenvalue weighted by molar-refractivity contribution is -0.0954. The van der Waals surface area contributed by atoms with Gasteiger partial charge in [0.1, 0.15) is 35.2 Å². The highest BCUT2D eigenvalue weighted by Gasteiger charge is 2.58. The molecule has 0 spiro atoms. The van der Waals surface area contributed by atoms with Crippen molar-refractivity contribution in [3.8, 4) is 5.75 Å². The number of halogens is 4. The summed E-state index contributed by atoms with van der Waals surface area (Å²) in [6.07, 6.45) is -4.91. The van der Waals surface area contributed by atoms with Crippen LogP contribution in [0.4, 0.5) is 19.0 Å². The highest BCUT2D eigenvalue weighted by Crippen LogP contribution is 2.47. The number of nitrogens with two attached hydrogens (primary N) is 1. The topological polar surface area (TPSA) is 150 Å². The Balaban J connectivity index is 1.54. The minimum absolute atomic E-state index is 0.0593. The van der Waals surface area contributed by atoms with Crippen LogP contribution in [-0.4, -0.2) is 73.8 Å². The number of rotatable bonds is 12. The summed E-state index contributed by atoms with van der Waals surface area (Å²) >= 11 is 6.19. The van der Waals surface area contributed by atoms with Gasteiger partial charge in [-0.3, -0.25) is 8.75 Å². The Morgan fingerprint density at radius 3 is 1.98 bits per heavy atom. The van der Waals surface area contributed by atoms with E-state index in [4.69, 9.17) is 40.2 Å². The minimum Gasteiger partial charge on any atom is -0.497 e. The van der Waals surface area contributed by atoms with Gasteiger partial charge in [0.2, 0.25) is 5.28 Å². The fraction of sp³-hybridized carbons (Fsp3) is 0.378. The summed E-state index contributed by atoms with van der Waals surface area (Å²) in [6.45, 7) is 9.02. The molecule has 1 aliphatic rings. The number of ether oxygens (including phenoxy) is 3. The van der Waals surface area contributed by atoms with Crippen molar-refractivity contribution < 1.29 is 44.4 Å². The van der Waals surface area contributed by atoms with Crippen LogP contribution in [0, 0.1) is 0 Å². The van der Waals surface area contributed by atoms with Gasteiger partial charge in [-0.25, -0.2) is 4.98 Å². The zero-order valence-electron chi connectivity index (χ0n) is 30.8. The number of benzene rings is 3. The molecule has 0 radical (unpaired) electrons. The van der Waals surface area contributed by atoms with Crippen LogP contribution in [0.15, 0.2) is 91.3 Å². The van der Waals surface area contributed by atoms with Crippen molar-refractivity contribution in [1.29, 1.82) is 0 Å². The second-order valence-electron chi connectivity index (χ2n) is 14.5. The first kappa shape index (κ1) is 40.6. The SMILES string of the molecule is COc1ccc(C(OC[C@H]2O[C@@H](n3cnc4c(N)nc(Cl)nc43)[C@H](O[Si](C)(C)C(C)(C)C)[C@@H]2OS(=O)(=O)C(F)(F)F)(c2ccccc2)c2ccccc2)cc1. The number of nitrogen functional groups attached to an aromatic ring is 1. The molecule has 18 heteroatoms. The highest BCUT2D eigenvalue weighted by molar-refractivity contribution is 7.87. The monoisotopic (exact) mass is 819 g/mol. The van der Waals surface area contributed by atoms with Crippen molar-refractivity contribution in [3.05, 3.63) is 113 Å². The third-order valence-corrected chi connectivity index (χ3v) is 15.7. The number of anilines is 1. The number of alkyl halides is 3. The van der Waals surface area contributed by atoms with Gasteiger partial charge in [-0.15, -0.1) is 0 Å². The molecule has 0 unspecified atom stereocenters. The van der Waals surface area contributed by atoms with E-state index in [-0.39, 0.29) is 22.3 Å². The molecule has 6 rings (SSSR count). The van der Waals surface area contributed by atoms with Crippen LogP contribution in [-0.2, 0) is 33.8 Å². The molecule has 55 heavy (non-hydrogen) atoms. The van der Waals surface area contributed by atoms with Crippen LogP contribution in [0.3, 0.4) is 0 Å². The van der Waals surface area contributed by atoms with E-state index in [0.29, 0.717) is 22.4 Å². The minimum atomic E-state index is -6.21. The molecule has 1 saturated heterocycles. The van der Waals surface area contributed by atoms with E-state index in [1.54, 1.807) is 12.1 Å². The molecule has 3 aromatic carbocycles. The largest absolute Gasteiger partial charge is 0.523 e. The maximum absolute atomic E-state index is 14.1. The lowest BCUT2D eigenvalue weighted by Crippen LogP contribution is -2.51. The molecule has 0 amide bonds. The third-order valence-electron chi connectivity index (χ3n) is 10.1. The summed E-state index contributed by atoms with van der Waals surface area (Å²) in [5, 5.41) is -0.717. The van der Waals surface area contributed by atoms with Crippen LogP contribution in [0.2, 0.25) is 23.4 Å². The van der Waals surface area contributed by atoms with Gasteiger partial charge in [-0.1, -0.05) is 93.6 Å². The first-order chi connectivity index (χ1) is 25.8. The van der Waals surface area contributed by atoms with Crippen LogP contribution in [0.5, 0.6) is 5.75 Å². The predicted octanol–water partition coefficient (Wildman–Crippen LogP) is 7.60. The smallest absolute Gasteiger partial charge is 0.497 e. The number of hydrogen-bond acceptors (Lipinski definition) is 11. The molecule has 0 aliphatic carbocycles. The Morgan fingerprint density at radius 2 is 1.45 bits per heavy atom. The highest BCUT2D eigenvalue weighted by atomic mass is 35.5. The molecule has 5 aromatic rings. The number of methoxy groups -OCH3 is 1. The molecule has 2 N–H and O–H groups in total. The lowest BCUT2D eigenvalue weighted by atomic mass is 9.80. The quantitative estimate of drug-likeness (QED) is 0.0436. The summed E-state index contributed by atoms with van der Waals surface area (Å²) < 4.78 is 100. The number of nitrogens with zero attached hydrogens (tertiary/aromatic N) is 4. The fourth-order valence-corrected chi connectivity index (χ4v) is 8.34. The van der Waals surface area contributed by atoms with E-state index in [2.05, 4.69) is 15.0 Å². The van der Waals surface area contributed by atoms with Gasteiger partial charge in [0.25, 0.3) is 0 Å². The van der Waals surface area contributed by atoms with Crippen molar-refractivity contribution in [2.24, 2.45) is 0 Å². The maximum atomic E-state index is 14.1. The standard InChI is InChI=1S/C37H41ClF3N5O7SSi/c1-35(2,3)55(5,6)53-30-29(52-54(47,48)37(39,40)41)27(51-33(30)46-22-43-28-31(42)44-34(38)45-32(28)46)21-50-36(23-13-9-7-10-14-23,24-15-11-8-12-16-24)25-17-19-26(49-4)20-18-25/h7-20,22,27,29-30,33H,21H2,1-6H3,(H2,42,44,45)/t27-,29-,30-,33-/m1/s1. The Bertz CT molecular complexity index is 2190. The molecule has 1 fully saturated rings. The Kier molecular flexibility index (Phi) is 11.1. The molecule has 294 valence electrons. The maximum Gasteiger partial charge on any atom is 0.523 e. The van der Waals surface area contributed by atoms with Crippen LogP contribution < -0.4 is 10.5 Å². The Labute approximate surface area is 323 Å². The van der Waals surface area contributed by atoms with E-state index in [0.717, 1.165) is 0 Å².